The van der Waals surface area contributed by atoms with Gasteiger partial charge < -0.3 is 9.88 Å². The average Bonchev–Trinajstić information content (AvgIpc) is 2.51. The zero-order valence-corrected chi connectivity index (χ0v) is 9.47. The number of aryl methyl sites for hydroxylation is 2. The van der Waals surface area contributed by atoms with E-state index in [1.165, 1.54) is 0 Å². The highest BCUT2D eigenvalue weighted by atomic mass is 19.4. The van der Waals surface area contributed by atoms with E-state index < -0.39 is 12.7 Å². The molecular formula is C11H12F3N3. The smallest absolute Gasteiger partial charge is 0.376 e. The van der Waals surface area contributed by atoms with E-state index in [1.54, 1.807) is 18.2 Å². The van der Waals surface area contributed by atoms with Crippen LogP contribution in [0.5, 0.6) is 0 Å². The summed E-state index contributed by atoms with van der Waals surface area (Å²) in [5.74, 6) is 0.827. The Balaban J connectivity index is 2.26. The molecule has 0 saturated heterocycles. The third kappa shape index (κ3) is 2.51. The molecule has 0 spiro atoms. The lowest BCUT2D eigenvalue weighted by Crippen LogP contribution is -2.21. The highest BCUT2D eigenvalue weighted by Gasteiger charge is 2.26. The lowest BCUT2D eigenvalue weighted by molar-refractivity contribution is -0.115. The summed E-state index contributed by atoms with van der Waals surface area (Å²) in [7, 11) is 1.87. The molecule has 92 valence electrons. The fourth-order valence-corrected chi connectivity index (χ4v) is 1.63. The summed E-state index contributed by atoms with van der Waals surface area (Å²) in [6, 6.07) is 5.00. The molecule has 6 heteroatoms. The lowest BCUT2D eigenvalue weighted by Gasteiger charge is -2.09. The molecule has 0 atom stereocenters. The van der Waals surface area contributed by atoms with E-state index in [2.05, 4.69) is 10.3 Å². The maximum atomic E-state index is 12.0. The van der Waals surface area contributed by atoms with Gasteiger partial charge >= 0.3 is 6.18 Å². The molecule has 0 radical (unpaired) electrons. The van der Waals surface area contributed by atoms with Crippen LogP contribution in [0.3, 0.4) is 0 Å². The van der Waals surface area contributed by atoms with Crippen molar-refractivity contribution in [2.75, 3.05) is 11.9 Å². The van der Waals surface area contributed by atoms with Crippen LogP contribution in [0.25, 0.3) is 11.0 Å². The van der Waals surface area contributed by atoms with Gasteiger partial charge in [-0.15, -0.1) is 0 Å². The Bertz CT molecular complexity index is 543. The maximum absolute atomic E-state index is 12.0. The summed E-state index contributed by atoms with van der Waals surface area (Å²) in [6.07, 6.45) is -4.21. The molecule has 0 aliphatic rings. The number of imidazole rings is 1. The van der Waals surface area contributed by atoms with Gasteiger partial charge in [-0.05, 0) is 25.1 Å². The Hall–Kier alpha value is -1.72. The molecule has 3 nitrogen and oxygen atoms in total. The minimum Gasteiger partial charge on any atom is -0.376 e. The fraction of sp³-hybridized carbons (Fsp3) is 0.364. The average molecular weight is 243 g/mol. The summed E-state index contributed by atoms with van der Waals surface area (Å²) < 4.78 is 38.0. The van der Waals surface area contributed by atoms with Crippen molar-refractivity contribution in [1.29, 1.82) is 0 Å². The molecule has 0 saturated carbocycles. The molecule has 0 bridgehead atoms. The highest BCUT2D eigenvalue weighted by molar-refractivity contribution is 5.80. The number of hydrogen-bond donors (Lipinski definition) is 1. The summed E-state index contributed by atoms with van der Waals surface area (Å²) in [4.78, 5) is 4.26. The number of rotatable bonds is 2. The van der Waals surface area contributed by atoms with E-state index >= 15 is 0 Å². The highest BCUT2D eigenvalue weighted by Crippen LogP contribution is 2.21. The van der Waals surface area contributed by atoms with Crippen LogP contribution in [-0.4, -0.2) is 22.3 Å². The number of nitrogens with zero attached hydrogens (tertiary/aromatic N) is 2. The number of anilines is 1. The van der Waals surface area contributed by atoms with E-state index in [-0.39, 0.29) is 0 Å². The number of benzene rings is 1. The van der Waals surface area contributed by atoms with Gasteiger partial charge in [-0.1, -0.05) is 0 Å². The van der Waals surface area contributed by atoms with Crippen molar-refractivity contribution in [3.63, 3.8) is 0 Å². The largest absolute Gasteiger partial charge is 0.405 e. The molecule has 0 aliphatic carbocycles. The minimum atomic E-state index is -4.21. The molecule has 1 aromatic heterocycles. The van der Waals surface area contributed by atoms with E-state index in [4.69, 9.17) is 0 Å². The van der Waals surface area contributed by atoms with Crippen molar-refractivity contribution >= 4 is 16.7 Å². The second kappa shape index (κ2) is 3.94. The molecule has 1 heterocycles. The number of alkyl halides is 3. The van der Waals surface area contributed by atoms with Crippen LogP contribution in [0.15, 0.2) is 18.2 Å². The molecule has 0 aliphatic heterocycles. The second-order valence-electron chi connectivity index (χ2n) is 3.89. The molecule has 2 aromatic rings. The number of nitrogens with one attached hydrogen (secondary N) is 1. The first-order chi connectivity index (χ1) is 7.87. The SMILES string of the molecule is Cc1nc2cc(NCC(F)(F)F)ccc2n1C. The van der Waals surface area contributed by atoms with Crippen molar-refractivity contribution in [3.05, 3.63) is 24.0 Å². The zero-order chi connectivity index (χ0) is 12.6. The number of hydrogen-bond acceptors (Lipinski definition) is 2. The van der Waals surface area contributed by atoms with Gasteiger partial charge in [-0.3, -0.25) is 0 Å². The maximum Gasteiger partial charge on any atom is 0.405 e. The van der Waals surface area contributed by atoms with E-state index in [1.807, 2.05) is 18.5 Å². The van der Waals surface area contributed by atoms with Crippen LogP contribution in [-0.2, 0) is 7.05 Å². The van der Waals surface area contributed by atoms with E-state index in [0.29, 0.717) is 11.2 Å². The fourth-order valence-electron chi connectivity index (χ4n) is 1.63. The monoisotopic (exact) mass is 243 g/mol. The summed E-state index contributed by atoms with van der Waals surface area (Å²) in [5, 5.41) is 2.33. The van der Waals surface area contributed by atoms with Crippen LogP contribution < -0.4 is 5.32 Å². The predicted molar refractivity (Wildman–Crippen MR) is 60.0 cm³/mol. The first kappa shape index (κ1) is 11.8. The Morgan fingerprint density at radius 2 is 2.06 bits per heavy atom. The van der Waals surface area contributed by atoms with Crippen LogP contribution in [0.4, 0.5) is 18.9 Å². The quantitative estimate of drug-likeness (QED) is 0.879. The van der Waals surface area contributed by atoms with Crippen molar-refractivity contribution in [3.8, 4) is 0 Å². The Kier molecular flexibility index (Phi) is 2.73. The zero-order valence-electron chi connectivity index (χ0n) is 9.47. The molecule has 0 amide bonds. The van der Waals surface area contributed by atoms with Crippen molar-refractivity contribution in [2.45, 2.75) is 13.1 Å². The van der Waals surface area contributed by atoms with Crippen molar-refractivity contribution < 1.29 is 13.2 Å². The van der Waals surface area contributed by atoms with Crippen LogP contribution >= 0.6 is 0 Å². The van der Waals surface area contributed by atoms with E-state index in [9.17, 15) is 13.2 Å². The summed E-state index contributed by atoms with van der Waals surface area (Å²) in [5.41, 5.74) is 2.02. The topological polar surface area (TPSA) is 29.9 Å². The van der Waals surface area contributed by atoms with Gasteiger partial charge in [0.15, 0.2) is 0 Å². The van der Waals surface area contributed by atoms with Gasteiger partial charge in [-0.2, -0.15) is 13.2 Å². The van der Waals surface area contributed by atoms with Crippen LogP contribution in [0.2, 0.25) is 0 Å². The van der Waals surface area contributed by atoms with Gasteiger partial charge in [0.2, 0.25) is 0 Å². The molecule has 17 heavy (non-hydrogen) atoms. The van der Waals surface area contributed by atoms with Crippen LogP contribution in [0, 0.1) is 6.92 Å². The number of aromatic nitrogens is 2. The van der Waals surface area contributed by atoms with E-state index in [0.717, 1.165) is 11.3 Å². The lowest BCUT2D eigenvalue weighted by atomic mass is 10.2. The molecule has 2 rings (SSSR count). The molecule has 1 N–H and O–H groups in total. The summed E-state index contributed by atoms with van der Waals surface area (Å²) in [6.45, 7) is 0.813. The van der Waals surface area contributed by atoms with Gasteiger partial charge in [-0.25, -0.2) is 4.98 Å². The molecule has 0 unspecified atom stereocenters. The Morgan fingerprint density at radius 3 is 2.71 bits per heavy atom. The number of halogens is 3. The molecular weight excluding hydrogens is 231 g/mol. The third-order valence-corrected chi connectivity index (χ3v) is 2.60. The second-order valence-corrected chi connectivity index (χ2v) is 3.89. The van der Waals surface area contributed by atoms with Gasteiger partial charge in [0.1, 0.15) is 12.4 Å². The first-order valence-electron chi connectivity index (χ1n) is 5.10. The predicted octanol–water partition coefficient (Wildman–Crippen LogP) is 2.86. The third-order valence-electron chi connectivity index (χ3n) is 2.60. The molecule has 0 fully saturated rings. The summed E-state index contributed by atoms with van der Waals surface area (Å²) >= 11 is 0. The van der Waals surface area contributed by atoms with Crippen molar-refractivity contribution in [2.24, 2.45) is 7.05 Å². The Morgan fingerprint density at radius 1 is 1.35 bits per heavy atom. The van der Waals surface area contributed by atoms with Gasteiger partial charge in [0.25, 0.3) is 0 Å². The minimum absolute atomic E-state index is 0.424. The van der Waals surface area contributed by atoms with Gasteiger partial charge in [0, 0.05) is 12.7 Å². The standard InChI is InChI=1S/C11H12F3N3/c1-7-16-9-5-8(15-6-11(12,13)14)3-4-10(9)17(7)2/h3-5,15H,6H2,1-2H3. The van der Waals surface area contributed by atoms with Crippen LogP contribution in [0.1, 0.15) is 5.82 Å². The molecule has 1 aromatic carbocycles. The number of fused-ring (bicyclic) bond motifs is 1. The van der Waals surface area contributed by atoms with Gasteiger partial charge in [0.05, 0.1) is 11.0 Å². The normalized spacial score (nSPS) is 12.1. The van der Waals surface area contributed by atoms with Crippen molar-refractivity contribution in [1.82, 2.24) is 9.55 Å². The first-order valence-corrected chi connectivity index (χ1v) is 5.10. The Labute approximate surface area is 96.3 Å².